The van der Waals surface area contributed by atoms with E-state index in [1.807, 2.05) is 6.92 Å². The maximum absolute atomic E-state index is 11.7. The van der Waals surface area contributed by atoms with Crippen molar-refractivity contribution in [3.8, 4) is 0 Å². The summed E-state index contributed by atoms with van der Waals surface area (Å²) in [5, 5.41) is 0.239. The minimum atomic E-state index is -0.141. The lowest BCUT2D eigenvalue weighted by Crippen LogP contribution is -2.26. The molecule has 1 aromatic heterocycles. The Morgan fingerprint density at radius 2 is 2.18 bits per heavy atom. The van der Waals surface area contributed by atoms with Gasteiger partial charge in [-0.3, -0.25) is 9.36 Å². The number of ether oxygens (including phenoxy) is 2. The second-order valence-electron chi connectivity index (χ2n) is 3.44. The Morgan fingerprint density at radius 3 is 2.82 bits per heavy atom. The van der Waals surface area contributed by atoms with Crippen molar-refractivity contribution in [2.24, 2.45) is 0 Å². The molecule has 0 aliphatic carbocycles. The molecule has 1 aromatic rings. The van der Waals surface area contributed by atoms with Gasteiger partial charge >= 0.3 is 0 Å². The van der Waals surface area contributed by atoms with E-state index >= 15 is 0 Å². The SMILES string of the molecule is CCc1nc(Cl)cc(=O)n1CCOCCOC. The van der Waals surface area contributed by atoms with Crippen molar-refractivity contribution in [1.29, 1.82) is 0 Å². The second-order valence-corrected chi connectivity index (χ2v) is 3.83. The minimum absolute atomic E-state index is 0.141. The highest BCUT2D eigenvalue weighted by Crippen LogP contribution is 2.02. The molecule has 0 aliphatic heterocycles. The minimum Gasteiger partial charge on any atom is -0.382 e. The van der Waals surface area contributed by atoms with Gasteiger partial charge in [-0.2, -0.15) is 0 Å². The maximum Gasteiger partial charge on any atom is 0.255 e. The van der Waals surface area contributed by atoms with E-state index in [0.717, 1.165) is 0 Å². The first-order chi connectivity index (χ1) is 8.19. The van der Waals surface area contributed by atoms with E-state index in [4.69, 9.17) is 21.1 Å². The number of halogens is 1. The Balaban J connectivity index is 2.61. The first kappa shape index (κ1) is 14.2. The van der Waals surface area contributed by atoms with Crippen molar-refractivity contribution in [2.45, 2.75) is 19.9 Å². The van der Waals surface area contributed by atoms with Crippen molar-refractivity contribution in [3.05, 3.63) is 27.4 Å². The largest absolute Gasteiger partial charge is 0.382 e. The maximum atomic E-state index is 11.7. The van der Waals surface area contributed by atoms with Crippen LogP contribution in [0.1, 0.15) is 12.7 Å². The van der Waals surface area contributed by atoms with Crippen molar-refractivity contribution in [2.75, 3.05) is 26.9 Å². The third-order valence-corrected chi connectivity index (χ3v) is 2.46. The van der Waals surface area contributed by atoms with Gasteiger partial charge in [0.05, 0.1) is 26.4 Å². The third-order valence-electron chi connectivity index (χ3n) is 2.26. The molecule has 0 saturated heterocycles. The Kier molecular flexibility index (Phi) is 6.18. The summed E-state index contributed by atoms with van der Waals surface area (Å²) in [6.07, 6.45) is 0.661. The molecule has 0 unspecified atom stereocenters. The van der Waals surface area contributed by atoms with E-state index in [9.17, 15) is 4.79 Å². The molecule has 0 bridgehead atoms. The summed E-state index contributed by atoms with van der Waals surface area (Å²) >= 11 is 5.73. The Hall–Kier alpha value is -0.910. The summed E-state index contributed by atoms with van der Waals surface area (Å²) in [6.45, 7) is 3.94. The van der Waals surface area contributed by atoms with Crippen LogP contribution in [0.4, 0.5) is 0 Å². The van der Waals surface area contributed by atoms with Crippen LogP contribution in [-0.2, 0) is 22.4 Å². The van der Waals surface area contributed by atoms with Crippen molar-refractivity contribution in [1.82, 2.24) is 9.55 Å². The van der Waals surface area contributed by atoms with Crippen LogP contribution >= 0.6 is 11.6 Å². The predicted molar refractivity (Wildman–Crippen MR) is 65.6 cm³/mol. The zero-order valence-electron chi connectivity index (χ0n) is 10.1. The quantitative estimate of drug-likeness (QED) is 0.545. The molecule has 1 heterocycles. The lowest BCUT2D eigenvalue weighted by atomic mass is 10.4. The Labute approximate surface area is 105 Å². The van der Waals surface area contributed by atoms with Gasteiger partial charge in [-0.05, 0) is 0 Å². The van der Waals surface area contributed by atoms with E-state index in [1.54, 1.807) is 11.7 Å². The molecule has 5 nitrogen and oxygen atoms in total. The molecule has 17 heavy (non-hydrogen) atoms. The number of rotatable bonds is 7. The summed E-state index contributed by atoms with van der Waals surface area (Å²) in [4.78, 5) is 15.8. The number of aryl methyl sites for hydroxylation is 1. The Morgan fingerprint density at radius 1 is 1.41 bits per heavy atom. The number of aromatic nitrogens is 2. The molecular formula is C11H17ClN2O3. The molecule has 0 atom stereocenters. The molecule has 0 aromatic carbocycles. The van der Waals surface area contributed by atoms with Crippen LogP contribution in [0.3, 0.4) is 0 Å². The predicted octanol–water partition coefficient (Wildman–Crippen LogP) is 1.12. The zero-order chi connectivity index (χ0) is 12.7. The Bertz CT molecular complexity index is 406. The molecule has 0 N–H and O–H groups in total. The lowest BCUT2D eigenvalue weighted by Gasteiger charge is -2.10. The van der Waals surface area contributed by atoms with Gasteiger partial charge in [0.15, 0.2) is 0 Å². The number of hydrogen-bond donors (Lipinski definition) is 0. The smallest absolute Gasteiger partial charge is 0.255 e. The first-order valence-corrected chi connectivity index (χ1v) is 5.89. The highest BCUT2D eigenvalue weighted by molar-refractivity contribution is 6.29. The molecule has 0 spiro atoms. The van der Waals surface area contributed by atoms with E-state index in [1.165, 1.54) is 6.07 Å². The van der Waals surface area contributed by atoms with E-state index in [2.05, 4.69) is 4.98 Å². The van der Waals surface area contributed by atoms with Gasteiger partial charge in [0, 0.05) is 19.6 Å². The summed E-state index contributed by atoms with van der Waals surface area (Å²) in [6, 6.07) is 1.32. The topological polar surface area (TPSA) is 53.4 Å². The summed E-state index contributed by atoms with van der Waals surface area (Å²) < 4.78 is 11.8. The van der Waals surface area contributed by atoms with E-state index in [-0.39, 0.29) is 10.7 Å². The van der Waals surface area contributed by atoms with Crippen molar-refractivity contribution in [3.63, 3.8) is 0 Å². The highest BCUT2D eigenvalue weighted by atomic mass is 35.5. The fourth-order valence-corrected chi connectivity index (χ4v) is 1.62. The van der Waals surface area contributed by atoms with Crippen molar-refractivity contribution < 1.29 is 9.47 Å². The normalized spacial score (nSPS) is 10.8. The standard InChI is InChI=1S/C11H17ClN2O3/c1-3-10-13-9(12)8-11(15)14(10)4-5-17-7-6-16-2/h8H,3-7H2,1-2H3. The van der Waals surface area contributed by atoms with Gasteiger partial charge in [0.1, 0.15) is 11.0 Å². The van der Waals surface area contributed by atoms with E-state index in [0.29, 0.717) is 38.6 Å². The summed E-state index contributed by atoms with van der Waals surface area (Å²) in [5.41, 5.74) is -0.141. The monoisotopic (exact) mass is 260 g/mol. The van der Waals surface area contributed by atoms with Gasteiger partial charge in [0.2, 0.25) is 0 Å². The average molecular weight is 261 g/mol. The van der Waals surface area contributed by atoms with Crippen LogP contribution < -0.4 is 5.56 Å². The molecule has 0 fully saturated rings. The van der Waals surface area contributed by atoms with Crippen LogP contribution in [0.2, 0.25) is 5.15 Å². The highest BCUT2D eigenvalue weighted by Gasteiger charge is 2.05. The van der Waals surface area contributed by atoms with Gasteiger partial charge in [0.25, 0.3) is 5.56 Å². The summed E-state index contributed by atoms with van der Waals surface area (Å²) in [7, 11) is 1.62. The van der Waals surface area contributed by atoms with Crippen LogP contribution in [-0.4, -0.2) is 36.5 Å². The first-order valence-electron chi connectivity index (χ1n) is 5.52. The average Bonchev–Trinajstić information content (AvgIpc) is 2.30. The third kappa shape index (κ3) is 4.46. The molecule has 0 amide bonds. The van der Waals surface area contributed by atoms with Gasteiger partial charge in [-0.1, -0.05) is 18.5 Å². The molecule has 0 aliphatic rings. The van der Waals surface area contributed by atoms with Crippen LogP contribution in [0.5, 0.6) is 0 Å². The fraction of sp³-hybridized carbons (Fsp3) is 0.636. The van der Waals surface area contributed by atoms with E-state index < -0.39 is 0 Å². The molecule has 0 saturated carbocycles. The molecule has 0 radical (unpaired) electrons. The van der Waals surface area contributed by atoms with Gasteiger partial charge < -0.3 is 9.47 Å². The number of nitrogens with zero attached hydrogens (tertiary/aromatic N) is 2. The molecule has 6 heteroatoms. The molecule has 96 valence electrons. The lowest BCUT2D eigenvalue weighted by molar-refractivity contribution is 0.0659. The van der Waals surface area contributed by atoms with Gasteiger partial charge in [-0.15, -0.1) is 0 Å². The van der Waals surface area contributed by atoms with Crippen LogP contribution in [0, 0.1) is 0 Å². The number of hydrogen-bond acceptors (Lipinski definition) is 4. The number of methoxy groups -OCH3 is 1. The summed E-state index contributed by atoms with van der Waals surface area (Å²) in [5.74, 6) is 0.679. The zero-order valence-corrected chi connectivity index (χ0v) is 10.9. The fourth-order valence-electron chi connectivity index (χ4n) is 1.43. The van der Waals surface area contributed by atoms with Gasteiger partial charge in [-0.25, -0.2) is 4.98 Å². The molecular weight excluding hydrogens is 244 g/mol. The van der Waals surface area contributed by atoms with Crippen molar-refractivity contribution >= 4 is 11.6 Å². The molecule has 1 rings (SSSR count). The van der Waals surface area contributed by atoms with Crippen LogP contribution in [0.25, 0.3) is 0 Å². The second kappa shape index (κ2) is 7.42. The van der Waals surface area contributed by atoms with Crippen LogP contribution in [0.15, 0.2) is 10.9 Å².